The smallest absolute Gasteiger partial charge is 0.341 e. The van der Waals surface area contributed by atoms with Crippen LogP contribution in [0.1, 0.15) is 12.5 Å². The number of hydrogen-bond donors (Lipinski definition) is 2. The lowest BCUT2D eigenvalue weighted by Crippen LogP contribution is -2.36. The number of carbonyl (C=O) groups excluding carboxylic acids is 3. The second-order valence-electron chi connectivity index (χ2n) is 6.99. The molecule has 3 rings (SSSR count). The van der Waals surface area contributed by atoms with Crippen molar-refractivity contribution in [2.75, 3.05) is 32.2 Å². The van der Waals surface area contributed by atoms with E-state index in [0.717, 1.165) is 4.90 Å². The van der Waals surface area contributed by atoms with Crippen LogP contribution in [0.15, 0.2) is 41.3 Å². The van der Waals surface area contributed by atoms with Crippen LogP contribution in [-0.4, -0.2) is 59.9 Å². The molecule has 0 spiro atoms. The molecule has 2 N–H and O–H groups in total. The van der Waals surface area contributed by atoms with Crippen LogP contribution >= 0.6 is 23.4 Å². The van der Waals surface area contributed by atoms with E-state index in [1.54, 1.807) is 31.2 Å². The first kappa shape index (κ1) is 25.9. The van der Waals surface area contributed by atoms with Gasteiger partial charge in [-0.15, -0.1) is 0 Å². The fourth-order valence-electron chi connectivity index (χ4n) is 3.01. The van der Waals surface area contributed by atoms with Crippen LogP contribution in [0.2, 0.25) is 5.02 Å². The highest BCUT2D eigenvalue weighted by Crippen LogP contribution is 2.39. The Kier molecular flexibility index (Phi) is 8.61. The van der Waals surface area contributed by atoms with Crippen LogP contribution in [0.3, 0.4) is 0 Å². The maximum Gasteiger partial charge on any atom is 0.341 e. The number of carboxylic acids is 1. The van der Waals surface area contributed by atoms with Crippen LogP contribution in [0, 0.1) is 0 Å². The Hall–Kier alpha value is -3.70. The number of aliphatic carboxylic acids is 1. The Morgan fingerprint density at radius 2 is 1.89 bits per heavy atom. The zero-order valence-electron chi connectivity index (χ0n) is 18.7. The quantitative estimate of drug-likeness (QED) is 0.448. The summed E-state index contributed by atoms with van der Waals surface area (Å²) in [6, 6.07) is 9.56. The molecule has 0 bridgehead atoms. The third kappa shape index (κ3) is 6.67. The van der Waals surface area contributed by atoms with Crippen molar-refractivity contribution in [2.45, 2.75) is 6.92 Å². The molecule has 0 saturated carbocycles. The molecular formula is C23H21ClN2O8S. The van der Waals surface area contributed by atoms with Gasteiger partial charge < -0.3 is 24.6 Å². The van der Waals surface area contributed by atoms with Crippen LogP contribution in [0.4, 0.5) is 10.5 Å². The molecule has 3 amide bonds. The average Bonchev–Trinajstić information content (AvgIpc) is 3.06. The van der Waals surface area contributed by atoms with Crippen molar-refractivity contribution < 1.29 is 38.5 Å². The summed E-state index contributed by atoms with van der Waals surface area (Å²) in [6.07, 6.45) is 1.43. The molecule has 1 aliphatic heterocycles. The Morgan fingerprint density at radius 1 is 1.17 bits per heavy atom. The molecule has 1 saturated heterocycles. The van der Waals surface area contributed by atoms with E-state index in [2.05, 4.69) is 5.32 Å². The van der Waals surface area contributed by atoms with E-state index < -0.39 is 36.2 Å². The van der Waals surface area contributed by atoms with E-state index >= 15 is 0 Å². The minimum atomic E-state index is -1.18. The molecule has 0 unspecified atom stereocenters. The van der Waals surface area contributed by atoms with Gasteiger partial charge in [0.1, 0.15) is 12.3 Å². The molecular weight excluding hydrogens is 500 g/mol. The molecule has 0 aliphatic carbocycles. The highest BCUT2D eigenvalue weighted by molar-refractivity contribution is 8.18. The van der Waals surface area contributed by atoms with E-state index in [0.29, 0.717) is 28.8 Å². The van der Waals surface area contributed by atoms with Crippen molar-refractivity contribution in [1.29, 1.82) is 0 Å². The van der Waals surface area contributed by atoms with Crippen LogP contribution in [0.25, 0.3) is 6.08 Å². The van der Waals surface area contributed by atoms with E-state index in [9.17, 15) is 19.2 Å². The first-order valence-electron chi connectivity index (χ1n) is 10.2. The zero-order chi connectivity index (χ0) is 25.5. The fraction of sp³-hybridized carbons (Fsp3) is 0.217. The number of nitrogens with zero attached hydrogens (tertiary/aromatic N) is 1. The van der Waals surface area contributed by atoms with Crippen molar-refractivity contribution in [3.05, 3.63) is 51.9 Å². The van der Waals surface area contributed by atoms with Crippen molar-refractivity contribution in [1.82, 2.24) is 4.90 Å². The maximum atomic E-state index is 12.8. The van der Waals surface area contributed by atoms with Crippen molar-refractivity contribution in [2.24, 2.45) is 0 Å². The van der Waals surface area contributed by atoms with Gasteiger partial charge in [-0.1, -0.05) is 11.6 Å². The largest absolute Gasteiger partial charge is 0.497 e. The summed E-state index contributed by atoms with van der Waals surface area (Å²) < 4.78 is 15.8. The lowest BCUT2D eigenvalue weighted by molar-refractivity contribution is -0.139. The number of benzene rings is 2. The summed E-state index contributed by atoms with van der Waals surface area (Å²) in [6.45, 7) is 0.907. The Balaban J connectivity index is 1.74. The monoisotopic (exact) mass is 520 g/mol. The Bertz CT molecular complexity index is 1180. The first-order chi connectivity index (χ1) is 16.7. The molecule has 1 fully saturated rings. The molecule has 2 aromatic carbocycles. The topological polar surface area (TPSA) is 131 Å². The normalized spacial score (nSPS) is 14.3. The van der Waals surface area contributed by atoms with Crippen molar-refractivity contribution in [3.63, 3.8) is 0 Å². The highest BCUT2D eigenvalue weighted by atomic mass is 35.5. The standard InChI is InChI=1S/C23H21ClN2O8S/c1-3-33-17-9-13(8-16(24)21(17)34-12-20(28)29)10-18-22(30)26(23(31)35-18)11-19(27)25-14-4-6-15(32-2)7-5-14/h4-10H,3,11-12H2,1-2H3,(H,25,27)(H,28,29)/b18-10+. The van der Waals surface area contributed by atoms with Gasteiger partial charge >= 0.3 is 5.97 Å². The number of carbonyl (C=O) groups is 4. The minimum absolute atomic E-state index is 0.0522. The van der Waals surface area contributed by atoms with Gasteiger partial charge in [0.15, 0.2) is 18.1 Å². The van der Waals surface area contributed by atoms with E-state index in [-0.39, 0.29) is 28.0 Å². The molecule has 0 radical (unpaired) electrons. The number of nitrogens with one attached hydrogen (secondary N) is 1. The molecule has 184 valence electrons. The van der Waals surface area contributed by atoms with E-state index in [4.69, 9.17) is 30.9 Å². The molecule has 35 heavy (non-hydrogen) atoms. The second kappa shape index (κ2) is 11.6. The summed E-state index contributed by atoms with van der Waals surface area (Å²) in [5, 5.41) is 10.9. The van der Waals surface area contributed by atoms with Crippen LogP contribution in [-0.2, 0) is 14.4 Å². The third-order valence-electron chi connectivity index (χ3n) is 4.52. The lowest BCUT2D eigenvalue weighted by Gasteiger charge is -2.14. The van der Waals surface area contributed by atoms with Gasteiger partial charge in [-0.05, 0) is 66.7 Å². The highest BCUT2D eigenvalue weighted by Gasteiger charge is 2.36. The average molecular weight is 521 g/mol. The number of carboxylic acid groups (broad SMARTS) is 1. The second-order valence-corrected chi connectivity index (χ2v) is 8.39. The predicted octanol–water partition coefficient (Wildman–Crippen LogP) is 3.89. The number of imide groups is 1. The van der Waals surface area contributed by atoms with E-state index in [1.165, 1.54) is 25.3 Å². The molecule has 1 heterocycles. The molecule has 0 atom stereocenters. The summed E-state index contributed by atoms with van der Waals surface area (Å²) >= 11 is 6.92. The van der Waals surface area contributed by atoms with Gasteiger partial charge in [0.25, 0.3) is 11.1 Å². The number of rotatable bonds is 10. The molecule has 2 aromatic rings. The van der Waals surface area contributed by atoms with Crippen molar-refractivity contribution >= 4 is 58.1 Å². The molecule has 10 nitrogen and oxygen atoms in total. The van der Waals surface area contributed by atoms with Crippen LogP contribution in [0.5, 0.6) is 17.2 Å². The molecule has 0 aromatic heterocycles. The van der Waals surface area contributed by atoms with Crippen molar-refractivity contribution in [3.8, 4) is 17.2 Å². The summed E-state index contributed by atoms with van der Waals surface area (Å²) in [7, 11) is 1.52. The summed E-state index contributed by atoms with van der Waals surface area (Å²) in [4.78, 5) is 49.3. The number of anilines is 1. The van der Waals surface area contributed by atoms with Gasteiger partial charge in [-0.3, -0.25) is 19.3 Å². The number of hydrogen-bond acceptors (Lipinski definition) is 8. The first-order valence-corrected chi connectivity index (χ1v) is 11.4. The summed E-state index contributed by atoms with van der Waals surface area (Å²) in [5.41, 5.74) is 0.913. The van der Waals surface area contributed by atoms with Gasteiger partial charge in [-0.2, -0.15) is 0 Å². The van der Waals surface area contributed by atoms with Gasteiger partial charge in [0.05, 0.1) is 23.6 Å². The Labute approximate surface area is 209 Å². The summed E-state index contributed by atoms with van der Waals surface area (Å²) in [5.74, 6) is -1.50. The van der Waals surface area contributed by atoms with E-state index in [1.807, 2.05) is 0 Å². The fourth-order valence-corrected chi connectivity index (χ4v) is 4.13. The van der Waals surface area contributed by atoms with Gasteiger partial charge in [0, 0.05) is 5.69 Å². The minimum Gasteiger partial charge on any atom is -0.497 e. The Morgan fingerprint density at radius 3 is 2.51 bits per heavy atom. The SMILES string of the molecule is CCOc1cc(/C=C2/SC(=O)N(CC(=O)Nc3ccc(OC)cc3)C2=O)cc(Cl)c1OCC(=O)O. The van der Waals surface area contributed by atoms with Crippen LogP contribution < -0.4 is 19.5 Å². The number of amides is 3. The predicted molar refractivity (Wildman–Crippen MR) is 130 cm³/mol. The van der Waals surface area contributed by atoms with Gasteiger partial charge in [-0.25, -0.2) is 4.79 Å². The number of halogens is 1. The molecule has 12 heteroatoms. The van der Waals surface area contributed by atoms with Gasteiger partial charge in [0.2, 0.25) is 5.91 Å². The number of methoxy groups -OCH3 is 1. The maximum absolute atomic E-state index is 12.8. The molecule has 1 aliphatic rings. The number of ether oxygens (including phenoxy) is 3. The number of thioether (sulfide) groups is 1. The zero-order valence-corrected chi connectivity index (χ0v) is 20.3. The third-order valence-corrected chi connectivity index (χ3v) is 5.71. The lowest BCUT2D eigenvalue weighted by atomic mass is 10.1.